The standard InChI is InChI=1S/C19H18F3N5O3/c1-26(9-6-14-4-2-3-8-23-14)15(28)7-11-27-10-5-13(12-16(27)29)17-24-18(30-25-17)19(20,21)22/h2-5,8,10,12H,6-7,9,11H2,1H3. The number of pyridine rings is 2. The van der Waals surface area contributed by atoms with Crippen LogP contribution in [0.25, 0.3) is 11.4 Å². The van der Waals surface area contributed by atoms with Crippen molar-refractivity contribution in [1.82, 2.24) is 24.6 Å². The van der Waals surface area contributed by atoms with E-state index in [2.05, 4.69) is 19.6 Å². The first-order chi connectivity index (χ1) is 14.2. The van der Waals surface area contributed by atoms with Crippen LogP contribution in [0, 0.1) is 0 Å². The van der Waals surface area contributed by atoms with Gasteiger partial charge in [0.2, 0.25) is 11.7 Å². The second-order valence-electron chi connectivity index (χ2n) is 6.50. The Kier molecular flexibility index (Phi) is 6.28. The predicted molar refractivity (Wildman–Crippen MR) is 99.2 cm³/mol. The largest absolute Gasteiger partial charge is 0.471 e. The SMILES string of the molecule is CN(CCc1ccccn1)C(=O)CCn1ccc(-c2noc(C(F)(F)F)n2)cc1=O. The van der Waals surface area contributed by atoms with Crippen molar-refractivity contribution < 1.29 is 22.5 Å². The molecule has 0 aliphatic heterocycles. The number of halogens is 3. The zero-order valence-electron chi connectivity index (χ0n) is 16.0. The van der Waals surface area contributed by atoms with Crippen molar-refractivity contribution in [3.05, 3.63) is 64.7 Å². The van der Waals surface area contributed by atoms with E-state index < -0.39 is 17.6 Å². The second-order valence-corrected chi connectivity index (χ2v) is 6.50. The molecule has 0 atom stereocenters. The molecule has 8 nitrogen and oxygen atoms in total. The summed E-state index contributed by atoms with van der Waals surface area (Å²) in [5, 5.41) is 3.25. The van der Waals surface area contributed by atoms with E-state index in [1.54, 1.807) is 18.1 Å². The minimum Gasteiger partial charge on any atom is -0.345 e. The minimum absolute atomic E-state index is 0.0919. The summed E-state index contributed by atoms with van der Waals surface area (Å²) in [6.45, 7) is 0.620. The molecule has 0 aliphatic rings. The normalized spacial score (nSPS) is 11.5. The Hall–Kier alpha value is -3.50. The fraction of sp³-hybridized carbons (Fsp3) is 0.316. The van der Waals surface area contributed by atoms with Crippen LogP contribution in [-0.4, -0.2) is 44.1 Å². The van der Waals surface area contributed by atoms with Crippen molar-refractivity contribution in [2.45, 2.75) is 25.6 Å². The van der Waals surface area contributed by atoms with Gasteiger partial charge in [-0.25, -0.2) is 0 Å². The van der Waals surface area contributed by atoms with Gasteiger partial charge in [-0.2, -0.15) is 18.2 Å². The molecule has 0 radical (unpaired) electrons. The van der Waals surface area contributed by atoms with E-state index in [4.69, 9.17) is 0 Å². The van der Waals surface area contributed by atoms with E-state index >= 15 is 0 Å². The summed E-state index contributed by atoms with van der Waals surface area (Å²) in [6, 6.07) is 8.05. The predicted octanol–water partition coefficient (Wildman–Crippen LogP) is 2.40. The lowest BCUT2D eigenvalue weighted by molar-refractivity contribution is -0.159. The van der Waals surface area contributed by atoms with Crippen LogP contribution >= 0.6 is 0 Å². The van der Waals surface area contributed by atoms with E-state index in [1.807, 2.05) is 18.2 Å². The molecular formula is C19H18F3N5O3. The highest BCUT2D eigenvalue weighted by molar-refractivity contribution is 5.75. The number of aryl methyl sites for hydroxylation is 1. The molecule has 3 aromatic heterocycles. The molecule has 0 saturated heterocycles. The Labute approximate surface area is 169 Å². The van der Waals surface area contributed by atoms with Crippen LogP contribution < -0.4 is 5.56 Å². The van der Waals surface area contributed by atoms with Crippen LogP contribution in [0.5, 0.6) is 0 Å². The van der Waals surface area contributed by atoms with Crippen LogP contribution in [0.3, 0.4) is 0 Å². The van der Waals surface area contributed by atoms with Gasteiger partial charge in [-0.15, -0.1) is 0 Å². The fourth-order valence-corrected chi connectivity index (χ4v) is 2.65. The molecule has 0 fully saturated rings. The van der Waals surface area contributed by atoms with Crippen LogP contribution in [0.15, 0.2) is 52.0 Å². The summed E-state index contributed by atoms with van der Waals surface area (Å²) in [6.07, 6.45) is -0.988. The number of alkyl halides is 3. The van der Waals surface area contributed by atoms with Gasteiger partial charge < -0.3 is 14.0 Å². The minimum atomic E-state index is -4.76. The van der Waals surface area contributed by atoms with Gasteiger partial charge in [-0.1, -0.05) is 11.2 Å². The Balaban J connectivity index is 1.57. The Morgan fingerprint density at radius 3 is 2.70 bits per heavy atom. The zero-order valence-corrected chi connectivity index (χ0v) is 16.0. The van der Waals surface area contributed by atoms with Crippen LogP contribution in [0.2, 0.25) is 0 Å². The molecule has 158 valence electrons. The molecule has 30 heavy (non-hydrogen) atoms. The summed E-state index contributed by atoms with van der Waals surface area (Å²) in [5.41, 5.74) is 0.475. The van der Waals surface area contributed by atoms with Crippen molar-refractivity contribution in [3.8, 4) is 11.4 Å². The highest BCUT2D eigenvalue weighted by atomic mass is 19.4. The highest BCUT2D eigenvalue weighted by Crippen LogP contribution is 2.29. The lowest BCUT2D eigenvalue weighted by Crippen LogP contribution is -2.31. The molecule has 3 rings (SSSR count). The van der Waals surface area contributed by atoms with E-state index in [-0.39, 0.29) is 30.3 Å². The average molecular weight is 421 g/mol. The number of hydrogen-bond donors (Lipinski definition) is 0. The number of nitrogens with zero attached hydrogens (tertiary/aromatic N) is 5. The first kappa shape index (κ1) is 21.2. The van der Waals surface area contributed by atoms with Crippen molar-refractivity contribution in [2.75, 3.05) is 13.6 Å². The number of rotatable bonds is 7. The summed E-state index contributed by atoms with van der Waals surface area (Å²) < 4.78 is 43.1. The van der Waals surface area contributed by atoms with Crippen LogP contribution in [0.4, 0.5) is 13.2 Å². The number of likely N-dealkylation sites (N-methyl/N-ethyl adjacent to an activating group) is 1. The van der Waals surface area contributed by atoms with Gasteiger partial charge in [0.1, 0.15) is 0 Å². The van der Waals surface area contributed by atoms with Crippen molar-refractivity contribution >= 4 is 5.91 Å². The lowest BCUT2D eigenvalue weighted by atomic mass is 10.2. The van der Waals surface area contributed by atoms with Gasteiger partial charge in [0.15, 0.2) is 0 Å². The van der Waals surface area contributed by atoms with Crippen molar-refractivity contribution in [2.24, 2.45) is 0 Å². The molecule has 11 heteroatoms. The molecule has 1 amide bonds. The maximum atomic E-state index is 12.6. The Morgan fingerprint density at radius 1 is 1.27 bits per heavy atom. The molecule has 0 aromatic carbocycles. The van der Waals surface area contributed by atoms with Gasteiger partial charge in [0.25, 0.3) is 5.56 Å². The number of amides is 1. The number of carbonyl (C=O) groups excluding carboxylic acids is 1. The second kappa shape index (κ2) is 8.89. The van der Waals surface area contributed by atoms with Gasteiger partial charge in [0.05, 0.1) is 0 Å². The lowest BCUT2D eigenvalue weighted by Gasteiger charge is -2.17. The highest BCUT2D eigenvalue weighted by Gasteiger charge is 2.38. The maximum Gasteiger partial charge on any atom is 0.471 e. The van der Waals surface area contributed by atoms with Gasteiger partial charge in [0, 0.05) is 62.7 Å². The van der Waals surface area contributed by atoms with Gasteiger partial charge in [-0.05, 0) is 18.2 Å². The van der Waals surface area contributed by atoms with Crippen molar-refractivity contribution in [3.63, 3.8) is 0 Å². The maximum absolute atomic E-state index is 12.6. The van der Waals surface area contributed by atoms with E-state index in [0.29, 0.717) is 13.0 Å². The molecule has 3 aromatic rings. The third-order valence-corrected chi connectivity index (χ3v) is 4.34. The van der Waals surface area contributed by atoms with E-state index in [1.165, 1.54) is 16.8 Å². The molecular weight excluding hydrogens is 403 g/mol. The first-order valence-corrected chi connectivity index (χ1v) is 8.99. The Bertz CT molecular complexity index is 1060. The summed E-state index contributed by atoms with van der Waals surface area (Å²) in [5.74, 6) is -1.96. The summed E-state index contributed by atoms with van der Waals surface area (Å²) >= 11 is 0. The van der Waals surface area contributed by atoms with Crippen LogP contribution in [-0.2, 0) is 23.9 Å². The first-order valence-electron chi connectivity index (χ1n) is 8.99. The molecule has 0 aliphatic carbocycles. The summed E-state index contributed by atoms with van der Waals surface area (Å²) in [4.78, 5) is 33.5. The van der Waals surface area contributed by atoms with Crippen LogP contribution in [0.1, 0.15) is 18.0 Å². The van der Waals surface area contributed by atoms with E-state index in [0.717, 1.165) is 11.8 Å². The molecule has 0 saturated carbocycles. The molecule has 0 bridgehead atoms. The zero-order chi connectivity index (χ0) is 21.7. The van der Waals surface area contributed by atoms with Gasteiger partial charge >= 0.3 is 12.1 Å². The molecule has 0 spiro atoms. The topological polar surface area (TPSA) is 94.1 Å². The molecule has 3 heterocycles. The number of carbonyl (C=O) groups is 1. The fourth-order valence-electron chi connectivity index (χ4n) is 2.65. The third kappa shape index (κ3) is 5.31. The summed E-state index contributed by atoms with van der Waals surface area (Å²) in [7, 11) is 1.67. The molecule has 0 N–H and O–H groups in total. The van der Waals surface area contributed by atoms with E-state index in [9.17, 15) is 22.8 Å². The monoisotopic (exact) mass is 421 g/mol. The number of aromatic nitrogens is 4. The third-order valence-electron chi connectivity index (χ3n) is 4.34. The smallest absolute Gasteiger partial charge is 0.345 e. The average Bonchev–Trinajstić information content (AvgIpc) is 3.22. The van der Waals surface area contributed by atoms with Crippen molar-refractivity contribution in [1.29, 1.82) is 0 Å². The molecule has 0 unspecified atom stereocenters. The number of hydrogen-bond acceptors (Lipinski definition) is 6. The van der Waals surface area contributed by atoms with Gasteiger partial charge in [-0.3, -0.25) is 14.6 Å². The quantitative estimate of drug-likeness (QED) is 0.582. The Morgan fingerprint density at radius 2 is 2.07 bits per heavy atom.